The van der Waals surface area contributed by atoms with E-state index in [-0.39, 0.29) is 23.1 Å². The van der Waals surface area contributed by atoms with Gasteiger partial charge in [0.1, 0.15) is 17.3 Å². The SMILES string of the molecule is Cc1ccc(CNC(=O)c2cnc(Nc3c(F)cccc3F)nc2)cc1. The molecule has 1 heterocycles. The summed E-state index contributed by atoms with van der Waals surface area (Å²) in [5.74, 6) is -1.86. The molecule has 2 N–H and O–H groups in total. The van der Waals surface area contributed by atoms with E-state index in [9.17, 15) is 13.6 Å². The van der Waals surface area contributed by atoms with Crippen LogP contribution in [0.4, 0.5) is 20.4 Å². The number of carbonyl (C=O) groups excluding carboxylic acids is 1. The molecule has 1 amide bonds. The van der Waals surface area contributed by atoms with Gasteiger partial charge in [0.25, 0.3) is 5.91 Å². The van der Waals surface area contributed by atoms with Gasteiger partial charge in [-0.2, -0.15) is 0 Å². The lowest BCUT2D eigenvalue weighted by Crippen LogP contribution is -2.23. The van der Waals surface area contributed by atoms with Crippen LogP contribution in [0, 0.1) is 18.6 Å². The molecule has 2 aromatic carbocycles. The standard InChI is InChI=1S/C19H16F2N4O/c1-12-5-7-13(8-6-12)9-22-18(26)14-10-23-19(24-11-14)25-17-15(20)3-2-4-16(17)21/h2-8,10-11H,9H2,1H3,(H,22,26)(H,23,24,25). The van der Waals surface area contributed by atoms with Crippen molar-refractivity contribution >= 4 is 17.5 Å². The van der Waals surface area contributed by atoms with Gasteiger partial charge in [0.15, 0.2) is 0 Å². The van der Waals surface area contributed by atoms with Gasteiger partial charge in [0, 0.05) is 18.9 Å². The molecule has 3 aromatic rings. The Morgan fingerprint density at radius 2 is 1.62 bits per heavy atom. The number of benzene rings is 2. The van der Waals surface area contributed by atoms with Crippen molar-refractivity contribution in [3.8, 4) is 0 Å². The van der Waals surface area contributed by atoms with Crippen molar-refractivity contribution in [2.24, 2.45) is 0 Å². The summed E-state index contributed by atoms with van der Waals surface area (Å²) in [6, 6.07) is 11.3. The predicted octanol–water partition coefficient (Wildman–Crippen LogP) is 3.74. The number of amides is 1. The summed E-state index contributed by atoms with van der Waals surface area (Å²) in [7, 11) is 0. The van der Waals surface area contributed by atoms with Crippen molar-refractivity contribution < 1.29 is 13.6 Å². The quantitative estimate of drug-likeness (QED) is 0.733. The molecular weight excluding hydrogens is 338 g/mol. The predicted molar refractivity (Wildman–Crippen MR) is 94.0 cm³/mol. The third-order valence-corrected chi connectivity index (χ3v) is 3.69. The molecule has 132 valence electrons. The van der Waals surface area contributed by atoms with Crippen LogP contribution in [0.3, 0.4) is 0 Å². The second-order valence-corrected chi connectivity index (χ2v) is 5.69. The topological polar surface area (TPSA) is 66.9 Å². The molecule has 0 aliphatic rings. The molecular formula is C19H16F2N4O. The highest BCUT2D eigenvalue weighted by Crippen LogP contribution is 2.20. The van der Waals surface area contributed by atoms with Crippen molar-refractivity contribution in [3.05, 3.63) is 83.2 Å². The number of halogens is 2. The van der Waals surface area contributed by atoms with Crippen LogP contribution in [-0.2, 0) is 6.54 Å². The van der Waals surface area contributed by atoms with Gasteiger partial charge in [-0.15, -0.1) is 0 Å². The Hall–Kier alpha value is -3.35. The molecule has 26 heavy (non-hydrogen) atoms. The van der Waals surface area contributed by atoms with E-state index in [1.165, 1.54) is 18.5 Å². The number of nitrogens with one attached hydrogen (secondary N) is 2. The third kappa shape index (κ3) is 4.18. The highest BCUT2D eigenvalue weighted by molar-refractivity contribution is 5.93. The number of hydrogen-bond donors (Lipinski definition) is 2. The molecule has 0 atom stereocenters. The number of rotatable bonds is 5. The van der Waals surface area contributed by atoms with E-state index in [4.69, 9.17) is 0 Å². The van der Waals surface area contributed by atoms with Gasteiger partial charge in [0.05, 0.1) is 5.56 Å². The first-order chi connectivity index (χ1) is 12.5. The lowest BCUT2D eigenvalue weighted by molar-refractivity contribution is 0.0950. The molecule has 5 nitrogen and oxygen atoms in total. The van der Waals surface area contributed by atoms with Crippen LogP contribution in [0.1, 0.15) is 21.5 Å². The Bertz CT molecular complexity index is 892. The summed E-state index contributed by atoms with van der Waals surface area (Å²) in [6.07, 6.45) is 2.58. The number of aryl methyl sites for hydroxylation is 1. The Kier molecular flexibility index (Phi) is 5.17. The number of anilines is 2. The molecule has 0 radical (unpaired) electrons. The smallest absolute Gasteiger partial charge is 0.254 e. The zero-order valence-electron chi connectivity index (χ0n) is 14.0. The molecule has 3 rings (SSSR count). The highest BCUT2D eigenvalue weighted by atomic mass is 19.1. The second-order valence-electron chi connectivity index (χ2n) is 5.69. The fourth-order valence-corrected chi connectivity index (χ4v) is 2.23. The molecule has 0 fully saturated rings. The molecule has 1 aromatic heterocycles. The van der Waals surface area contributed by atoms with Crippen LogP contribution in [0.25, 0.3) is 0 Å². The summed E-state index contributed by atoms with van der Waals surface area (Å²) in [6.45, 7) is 2.36. The largest absolute Gasteiger partial charge is 0.348 e. The van der Waals surface area contributed by atoms with Gasteiger partial charge in [-0.25, -0.2) is 18.7 Å². The summed E-state index contributed by atoms with van der Waals surface area (Å²) in [5.41, 5.74) is 2.02. The first kappa shape index (κ1) is 17.5. The average Bonchev–Trinajstić information content (AvgIpc) is 2.65. The van der Waals surface area contributed by atoms with Crippen LogP contribution < -0.4 is 10.6 Å². The molecule has 0 unspecified atom stereocenters. The minimum absolute atomic E-state index is 0.0101. The van der Waals surface area contributed by atoms with Crippen molar-refractivity contribution in [3.63, 3.8) is 0 Å². The molecule has 0 saturated carbocycles. The lowest BCUT2D eigenvalue weighted by Gasteiger charge is -2.08. The molecule has 7 heteroatoms. The first-order valence-corrected chi connectivity index (χ1v) is 7.90. The van der Waals surface area contributed by atoms with Crippen molar-refractivity contribution in [2.45, 2.75) is 13.5 Å². The monoisotopic (exact) mass is 354 g/mol. The summed E-state index contributed by atoms with van der Waals surface area (Å²) < 4.78 is 27.2. The molecule has 0 saturated heterocycles. The van der Waals surface area contributed by atoms with Crippen LogP contribution >= 0.6 is 0 Å². The molecule has 0 bridgehead atoms. The van der Waals surface area contributed by atoms with Crippen molar-refractivity contribution in [2.75, 3.05) is 5.32 Å². The second kappa shape index (κ2) is 7.69. The van der Waals surface area contributed by atoms with E-state index in [2.05, 4.69) is 20.6 Å². The zero-order valence-corrected chi connectivity index (χ0v) is 14.0. The van der Waals surface area contributed by atoms with Gasteiger partial charge in [0.2, 0.25) is 5.95 Å². The van der Waals surface area contributed by atoms with Gasteiger partial charge in [-0.1, -0.05) is 35.9 Å². The molecule has 0 aliphatic heterocycles. The van der Waals surface area contributed by atoms with Gasteiger partial charge in [-0.05, 0) is 24.6 Å². The summed E-state index contributed by atoms with van der Waals surface area (Å²) in [5, 5.41) is 5.23. The lowest BCUT2D eigenvalue weighted by atomic mass is 10.1. The number of hydrogen-bond acceptors (Lipinski definition) is 4. The maximum atomic E-state index is 13.6. The van der Waals surface area contributed by atoms with Gasteiger partial charge < -0.3 is 10.6 Å². The Balaban J connectivity index is 1.63. The normalized spacial score (nSPS) is 10.4. The van der Waals surface area contributed by atoms with Crippen LogP contribution in [-0.4, -0.2) is 15.9 Å². The van der Waals surface area contributed by atoms with E-state index < -0.39 is 11.6 Å². The maximum absolute atomic E-state index is 13.6. The van der Waals surface area contributed by atoms with Crippen LogP contribution in [0.5, 0.6) is 0 Å². The summed E-state index contributed by atoms with van der Waals surface area (Å²) >= 11 is 0. The third-order valence-electron chi connectivity index (χ3n) is 3.69. The fourth-order valence-electron chi connectivity index (χ4n) is 2.23. The van der Waals surface area contributed by atoms with E-state index in [1.807, 2.05) is 31.2 Å². The zero-order chi connectivity index (χ0) is 18.5. The van der Waals surface area contributed by atoms with E-state index in [0.29, 0.717) is 6.54 Å². The van der Waals surface area contributed by atoms with Crippen molar-refractivity contribution in [1.82, 2.24) is 15.3 Å². The van der Waals surface area contributed by atoms with Gasteiger partial charge >= 0.3 is 0 Å². The maximum Gasteiger partial charge on any atom is 0.254 e. The van der Waals surface area contributed by atoms with Crippen LogP contribution in [0.15, 0.2) is 54.9 Å². The van der Waals surface area contributed by atoms with Crippen LogP contribution in [0.2, 0.25) is 0 Å². The highest BCUT2D eigenvalue weighted by Gasteiger charge is 2.11. The molecule has 0 spiro atoms. The Morgan fingerprint density at radius 1 is 1.00 bits per heavy atom. The number of carbonyl (C=O) groups is 1. The first-order valence-electron chi connectivity index (χ1n) is 7.90. The van der Waals surface area contributed by atoms with E-state index in [1.54, 1.807) is 0 Å². The summed E-state index contributed by atoms with van der Waals surface area (Å²) in [4.78, 5) is 20.0. The number of nitrogens with zero attached hydrogens (tertiary/aromatic N) is 2. The van der Waals surface area contributed by atoms with E-state index in [0.717, 1.165) is 23.3 Å². The fraction of sp³-hybridized carbons (Fsp3) is 0.105. The minimum Gasteiger partial charge on any atom is -0.348 e. The minimum atomic E-state index is -0.756. The number of para-hydroxylation sites is 1. The van der Waals surface area contributed by atoms with Crippen molar-refractivity contribution in [1.29, 1.82) is 0 Å². The molecule has 0 aliphatic carbocycles. The van der Waals surface area contributed by atoms with E-state index >= 15 is 0 Å². The Labute approximate surface area is 149 Å². The van der Waals surface area contributed by atoms with Gasteiger partial charge in [-0.3, -0.25) is 4.79 Å². The Morgan fingerprint density at radius 3 is 2.23 bits per heavy atom. The average molecular weight is 354 g/mol. The number of aromatic nitrogens is 2.